The molecule has 0 bridgehead atoms. The second kappa shape index (κ2) is 2.88. The molecule has 4 heteroatoms. The summed E-state index contributed by atoms with van der Waals surface area (Å²) in [5.41, 5.74) is 0. The summed E-state index contributed by atoms with van der Waals surface area (Å²) in [5, 5.41) is -0.0671. The van der Waals surface area contributed by atoms with E-state index in [1.54, 1.807) is 6.92 Å². The van der Waals surface area contributed by atoms with Gasteiger partial charge in [0.15, 0.2) is 9.84 Å². The van der Waals surface area contributed by atoms with Crippen LogP contribution in [0.3, 0.4) is 0 Å². The highest BCUT2D eigenvalue weighted by atomic mass is 35.5. The molecular formula is C5H11ClO2S. The van der Waals surface area contributed by atoms with Crippen LogP contribution in [0.5, 0.6) is 0 Å². The molecule has 56 valence electrons. The van der Waals surface area contributed by atoms with E-state index in [-0.39, 0.29) is 17.7 Å². The molecule has 0 aromatic rings. The molecular weight excluding hydrogens is 160 g/mol. The maximum Gasteiger partial charge on any atom is 0.152 e. The van der Waals surface area contributed by atoms with Gasteiger partial charge in [0.1, 0.15) is 0 Å². The Morgan fingerprint density at radius 3 is 2.11 bits per heavy atom. The van der Waals surface area contributed by atoms with E-state index in [2.05, 4.69) is 0 Å². The first-order valence-corrected chi connectivity index (χ1v) is 4.56. The van der Waals surface area contributed by atoms with Crippen molar-refractivity contribution in [2.75, 3.05) is 5.75 Å². The Balaban J connectivity index is 0.000000640. The summed E-state index contributed by atoms with van der Waals surface area (Å²) in [6, 6.07) is 0. The van der Waals surface area contributed by atoms with Crippen LogP contribution < -0.4 is 0 Å². The standard InChI is InChI=1S/C5H10O2S.ClH/c1-5-3-2-4-8(5,6)7;/h5H,2-4H2,1H3;1H. The molecule has 0 radical (unpaired) electrons. The van der Waals surface area contributed by atoms with E-state index in [0.29, 0.717) is 5.75 Å². The molecule has 0 aromatic carbocycles. The van der Waals surface area contributed by atoms with E-state index >= 15 is 0 Å². The number of sulfone groups is 1. The van der Waals surface area contributed by atoms with Crippen LogP contribution >= 0.6 is 12.4 Å². The maximum atomic E-state index is 10.8. The van der Waals surface area contributed by atoms with Crippen LogP contribution in [-0.4, -0.2) is 19.4 Å². The SMILES string of the molecule is CC1CCCS1(=O)=O.Cl. The van der Waals surface area contributed by atoms with Crippen LogP contribution in [0.15, 0.2) is 0 Å². The normalized spacial score (nSPS) is 31.4. The molecule has 0 N–H and O–H groups in total. The molecule has 0 saturated carbocycles. The van der Waals surface area contributed by atoms with Crippen molar-refractivity contribution in [1.82, 2.24) is 0 Å². The molecule has 9 heavy (non-hydrogen) atoms. The molecule has 0 amide bonds. The number of hydrogen-bond donors (Lipinski definition) is 0. The number of halogens is 1. The van der Waals surface area contributed by atoms with Gasteiger partial charge < -0.3 is 0 Å². The summed E-state index contributed by atoms with van der Waals surface area (Å²) in [4.78, 5) is 0. The fourth-order valence-corrected chi connectivity index (χ4v) is 2.45. The second-order valence-electron chi connectivity index (χ2n) is 2.32. The molecule has 1 aliphatic heterocycles. The van der Waals surface area contributed by atoms with Gasteiger partial charge in [-0.1, -0.05) is 0 Å². The average molecular weight is 171 g/mol. The molecule has 1 heterocycles. The first-order valence-electron chi connectivity index (χ1n) is 2.84. The van der Waals surface area contributed by atoms with Crippen LogP contribution in [0, 0.1) is 0 Å². The summed E-state index contributed by atoms with van der Waals surface area (Å²) in [6.45, 7) is 1.78. The monoisotopic (exact) mass is 170 g/mol. The minimum Gasteiger partial charge on any atom is -0.229 e. The Morgan fingerprint density at radius 2 is 2.00 bits per heavy atom. The summed E-state index contributed by atoms with van der Waals surface area (Å²) in [5.74, 6) is 0.411. The maximum absolute atomic E-state index is 10.8. The van der Waals surface area contributed by atoms with Crippen molar-refractivity contribution in [3.05, 3.63) is 0 Å². The molecule has 1 saturated heterocycles. The minimum atomic E-state index is -2.62. The van der Waals surface area contributed by atoms with Crippen molar-refractivity contribution < 1.29 is 8.42 Å². The van der Waals surface area contributed by atoms with E-state index < -0.39 is 9.84 Å². The van der Waals surface area contributed by atoms with Crippen LogP contribution in [0.1, 0.15) is 19.8 Å². The third kappa shape index (κ3) is 1.83. The summed E-state index contributed by atoms with van der Waals surface area (Å²) >= 11 is 0. The Labute approximate surface area is 62.0 Å². The predicted octanol–water partition coefficient (Wildman–Crippen LogP) is 1.01. The third-order valence-corrected chi connectivity index (χ3v) is 3.97. The van der Waals surface area contributed by atoms with E-state index in [9.17, 15) is 8.42 Å². The van der Waals surface area contributed by atoms with Gasteiger partial charge in [-0.05, 0) is 19.8 Å². The zero-order valence-corrected chi connectivity index (χ0v) is 6.96. The lowest BCUT2D eigenvalue weighted by Gasteiger charge is -1.96. The van der Waals surface area contributed by atoms with Crippen molar-refractivity contribution in [2.45, 2.75) is 25.0 Å². The van der Waals surface area contributed by atoms with E-state index in [4.69, 9.17) is 0 Å². The fraction of sp³-hybridized carbons (Fsp3) is 1.00. The molecule has 1 rings (SSSR count). The lowest BCUT2D eigenvalue weighted by molar-refractivity contribution is 0.593. The minimum absolute atomic E-state index is 0. The quantitative estimate of drug-likeness (QED) is 0.544. The predicted molar refractivity (Wildman–Crippen MR) is 39.7 cm³/mol. The van der Waals surface area contributed by atoms with Crippen molar-refractivity contribution >= 4 is 22.2 Å². The van der Waals surface area contributed by atoms with Gasteiger partial charge in [-0.15, -0.1) is 12.4 Å². The Morgan fingerprint density at radius 1 is 1.44 bits per heavy atom. The summed E-state index contributed by atoms with van der Waals surface area (Å²) in [6.07, 6.45) is 1.73. The van der Waals surface area contributed by atoms with Crippen molar-refractivity contribution in [1.29, 1.82) is 0 Å². The van der Waals surface area contributed by atoms with Gasteiger partial charge in [0, 0.05) is 0 Å². The first-order chi connectivity index (χ1) is 3.63. The summed E-state index contributed by atoms with van der Waals surface area (Å²) < 4.78 is 21.5. The number of hydrogen-bond acceptors (Lipinski definition) is 2. The lowest BCUT2D eigenvalue weighted by Crippen LogP contribution is -2.10. The van der Waals surface area contributed by atoms with E-state index in [1.807, 2.05) is 0 Å². The molecule has 1 unspecified atom stereocenters. The molecule has 0 spiro atoms. The highest BCUT2D eigenvalue weighted by molar-refractivity contribution is 7.92. The van der Waals surface area contributed by atoms with Crippen molar-refractivity contribution in [2.24, 2.45) is 0 Å². The van der Waals surface area contributed by atoms with Crippen LogP contribution in [0.25, 0.3) is 0 Å². The fourth-order valence-electron chi connectivity index (χ4n) is 0.953. The van der Waals surface area contributed by atoms with Gasteiger partial charge in [-0.25, -0.2) is 8.42 Å². The Kier molecular flexibility index (Phi) is 2.96. The van der Waals surface area contributed by atoms with Gasteiger partial charge in [0.2, 0.25) is 0 Å². The molecule has 1 atom stereocenters. The van der Waals surface area contributed by atoms with Crippen molar-refractivity contribution in [3.63, 3.8) is 0 Å². The topological polar surface area (TPSA) is 34.1 Å². The molecule has 1 fully saturated rings. The largest absolute Gasteiger partial charge is 0.229 e. The average Bonchev–Trinajstić information content (AvgIpc) is 1.86. The molecule has 0 aromatic heterocycles. The molecule has 2 nitrogen and oxygen atoms in total. The Hall–Kier alpha value is 0.240. The van der Waals surface area contributed by atoms with E-state index in [1.165, 1.54) is 0 Å². The van der Waals surface area contributed by atoms with Gasteiger partial charge in [-0.3, -0.25) is 0 Å². The Bertz CT molecular complexity index is 173. The van der Waals surface area contributed by atoms with Crippen LogP contribution in [-0.2, 0) is 9.84 Å². The number of rotatable bonds is 0. The zero-order valence-electron chi connectivity index (χ0n) is 5.33. The highest BCUT2D eigenvalue weighted by Crippen LogP contribution is 2.18. The van der Waals surface area contributed by atoms with Crippen molar-refractivity contribution in [3.8, 4) is 0 Å². The zero-order chi connectivity index (χ0) is 6.20. The van der Waals surface area contributed by atoms with Gasteiger partial charge in [0.05, 0.1) is 11.0 Å². The molecule has 0 aliphatic carbocycles. The van der Waals surface area contributed by atoms with Gasteiger partial charge in [-0.2, -0.15) is 0 Å². The van der Waals surface area contributed by atoms with Crippen LogP contribution in [0.4, 0.5) is 0 Å². The summed E-state index contributed by atoms with van der Waals surface area (Å²) in [7, 11) is -2.62. The smallest absolute Gasteiger partial charge is 0.152 e. The van der Waals surface area contributed by atoms with Gasteiger partial charge in [0.25, 0.3) is 0 Å². The van der Waals surface area contributed by atoms with Gasteiger partial charge >= 0.3 is 0 Å². The second-order valence-corrected chi connectivity index (χ2v) is 4.86. The lowest BCUT2D eigenvalue weighted by atomic mass is 10.3. The van der Waals surface area contributed by atoms with E-state index in [0.717, 1.165) is 12.8 Å². The first kappa shape index (κ1) is 9.24. The highest BCUT2D eigenvalue weighted by Gasteiger charge is 2.26. The third-order valence-electron chi connectivity index (χ3n) is 1.65. The molecule has 1 aliphatic rings. The van der Waals surface area contributed by atoms with Crippen LogP contribution in [0.2, 0.25) is 0 Å².